The molecule has 0 bridgehead atoms. The van der Waals surface area contributed by atoms with Crippen LogP contribution in [-0.4, -0.2) is 21.4 Å². The minimum atomic E-state index is -0.0736. The summed E-state index contributed by atoms with van der Waals surface area (Å²) in [5, 5.41) is 0.635. The Morgan fingerprint density at radius 1 is 1.29 bits per heavy atom. The average Bonchev–Trinajstić information content (AvgIpc) is 3.11. The van der Waals surface area contributed by atoms with Crippen molar-refractivity contribution in [3.05, 3.63) is 64.6 Å². The molecule has 5 heteroatoms. The number of nitrogens with one attached hydrogen (secondary N) is 1. The number of aromatic nitrogens is 2. The van der Waals surface area contributed by atoms with Gasteiger partial charge >= 0.3 is 0 Å². The van der Waals surface area contributed by atoms with Crippen LogP contribution in [0.1, 0.15) is 37.4 Å². The Hall–Kier alpha value is -2.40. The van der Waals surface area contributed by atoms with Crippen LogP contribution in [0.2, 0.25) is 0 Å². The molecule has 1 aliphatic heterocycles. The van der Waals surface area contributed by atoms with Gasteiger partial charge in [-0.25, -0.2) is 4.98 Å². The molecule has 0 radical (unpaired) electrons. The Labute approximate surface area is 140 Å². The van der Waals surface area contributed by atoms with E-state index < -0.39 is 0 Å². The maximum atomic E-state index is 12.3. The highest BCUT2D eigenvalue weighted by Crippen LogP contribution is 2.34. The predicted octanol–water partition coefficient (Wildman–Crippen LogP) is 3.49. The highest BCUT2D eigenvalue weighted by atomic mass is 16.3. The van der Waals surface area contributed by atoms with E-state index in [1.54, 1.807) is 12.3 Å². The number of furan rings is 1. The molecule has 1 saturated heterocycles. The average molecular weight is 323 g/mol. The molecule has 1 aliphatic rings. The van der Waals surface area contributed by atoms with Gasteiger partial charge in [0.1, 0.15) is 11.6 Å². The first-order chi connectivity index (χ1) is 11.7. The first-order valence-electron chi connectivity index (χ1n) is 8.46. The zero-order chi connectivity index (χ0) is 16.5. The normalized spacial score (nSPS) is 22.0. The van der Waals surface area contributed by atoms with Gasteiger partial charge < -0.3 is 9.40 Å². The predicted molar refractivity (Wildman–Crippen MR) is 92.6 cm³/mol. The Morgan fingerprint density at radius 2 is 2.17 bits per heavy atom. The summed E-state index contributed by atoms with van der Waals surface area (Å²) in [6.45, 7) is 3.88. The second-order valence-electron chi connectivity index (χ2n) is 6.66. The number of likely N-dealkylation sites (tertiary alicyclic amines) is 1. The molecular weight excluding hydrogens is 302 g/mol. The maximum absolute atomic E-state index is 12.3. The molecule has 4 rings (SSSR count). The lowest BCUT2D eigenvalue weighted by molar-refractivity contribution is 0.0918. The summed E-state index contributed by atoms with van der Waals surface area (Å²) in [6, 6.07) is 11.7. The first kappa shape index (κ1) is 15.1. The SMILES string of the molecule is C[C@@H]1CCN(Cc2nc3ccccc3c(=O)[nH]2)[C@H](c2ccco2)C1. The van der Waals surface area contributed by atoms with Crippen LogP contribution in [-0.2, 0) is 6.54 Å². The van der Waals surface area contributed by atoms with Crippen LogP contribution in [0.3, 0.4) is 0 Å². The molecule has 124 valence electrons. The minimum Gasteiger partial charge on any atom is -0.468 e. The molecule has 2 aromatic heterocycles. The van der Waals surface area contributed by atoms with Crippen LogP contribution in [0.15, 0.2) is 51.9 Å². The molecule has 24 heavy (non-hydrogen) atoms. The van der Waals surface area contributed by atoms with Crippen molar-refractivity contribution in [3.8, 4) is 0 Å². The Kier molecular flexibility index (Phi) is 3.94. The largest absolute Gasteiger partial charge is 0.468 e. The molecule has 1 aromatic carbocycles. The maximum Gasteiger partial charge on any atom is 0.258 e. The molecule has 0 saturated carbocycles. The van der Waals surface area contributed by atoms with Crippen LogP contribution in [0.5, 0.6) is 0 Å². The lowest BCUT2D eigenvalue weighted by atomic mass is 9.91. The third-order valence-corrected chi connectivity index (χ3v) is 4.86. The first-order valence-corrected chi connectivity index (χ1v) is 8.46. The van der Waals surface area contributed by atoms with Crippen LogP contribution in [0.4, 0.5) is 0 Å². The molecule has 0 amide bonds. The highest BCUT2D eigenvalue weighted by molar-refractivity contribution is 5.77. The number of hydrogen-bond acceptors (Lipinski definition) is 4. The number of rotatable bonds is 3. The van der Waals surface area contributed by atoms with E-state index in [0.717, 1.165) is 30.7 Å². The van der Waals surface area contributed by atoms with E-state index in [4.69, 9.17) is 4.42 Å². The van der Waals surface area contributed by atoms with Crippen molar-refractivity contribution in [2.45, 2.75) is 32.4 Å². The van der Waals surface area contributed by atoms with Crippen molar-refractivity contribution in [2.75, 3.05) is 6.54 Å². The van der Waals surface area contributed by atoms with Gasteiger partial charge in [0, 0.05) is 0 Å². The summed E-state index contributed by atoms with van der Waals surface area (Å²) < 4.78 is 5.65. The van der Waals surface area contributed by atoms with Crippen LogP contribution >= 0.6 is 0 Å². The third-order valence-electron chi connectivity index (χ3n) is 4.86. The zero-order valence-corrected chi connectivity index (χ0v) is 13.7. The van der Waals surface area contributed by atoms with E-state index in [1.807, 2.05) is 30.3 Å². The third kappa shape index (κ3) is 2.87. The molecular formula is C19H21N3O2. The summed E-state index contributed by atoms with van der Waals surface area (Å²) in [5.41, 5.74) is 0.673. The molecule has 3 heterocycles. The molecule has 3 aromatic rings. The Balaban J connectivity index is 1.64. The molecule has 1 N–H and O–H groups in total. The number of hydrogen-bond donors (Lipinski definition) is 1. The number of benzene rings is 1. The number of nitrogens with zero attached hydrogens (tertiary/aromatic N) is 2. The van der Waals surface area contributed by atoms with E-state index in [9.17, 15) is 4.79 Å². The van der Waals surface area contributed by atoms with Crippen LogP contribution in [0, 0.1) is 5.92 Å². The summed E-state index contributed by atoms with van der Waals surface area (Å²) in [6.07, 6.45) is 3.93. The van der Waals surface area contributed by atoms with Gasteiger partial charge in [-0.3, -0.25) is 9.69 Å². The van der Waals surface area contributed by atoms with Crippen LogP contribution in [0.25, 0.3) is 10.9 Å². The quantitative estimate of drug-likeness (QED) is 0.801. The number of para-hydroxylation sites is 1. The van der Waals surface area contributed by atoms with Crippen molar-refractivity contribution < 1.29 is 4.42 Å². The van der Waals surface area contributed by atoms with Crippen molar-refractivity contribution in [2.24, 2.45) is 5.92 Å². The second-order valence-corrected chi connectivity index (χ2v) is 6.66. The van der Waals surface area contributed by atoms with E-state index in [0.29, 0.717) is 23.7 Å². The highest BCUT2D eigenvalue weighted by Gasteiger charge is 2.30. The topological polar surface area (TPSA) is 62.1 Å². The summed E-state index contributed by atoms with van der Waals surface area (Å²) in [5.74, 6) is 2.37. The molecule has 1 fully saturated rings. The van der Waals surface area contributed by atoms with Gasteiger partial charge in [0.05, 0.1) is 29.8 Å². The van der Waals surface area contributed by atoms with Gasteiger partial charge in [0.15, 0.2) is 0 Å². The van der Waals surface area contributed by atoms with E-state index in [1.165, 1.54) is 0 Å². The van der Waals surface area contributed by atoms with Crippen LogP contribution < -0.4 is 5.56 Å². The Bertz CT molecular complexity index is 885. The van der Waals surface area contributed by atoms with Gasteiger partial charge in [0.25, 0.3) is 5.56 Å². The van der Waals surface area contributed by atoms with Crippen molar-refractivity contribution >= 4 is 10.9 Å². The van der Waals surface area contributed by atoms with E-state index in [-0.39, 0.29) is 11.6 Å². The fraction of sp³-hybridized carbons (Fsp3) is 0.368. The lowest BCUT2D eigenvalue weighted by Gasteiger charge is -2.37. The molecule has 0 unspecified atom stereocenters. The fourth-order valence-electron chi connectivity index (χ4n) is 3.56. The summed E-state index contributed by atoms with van der Waals surface area (Å²) in [4.78, 5) is 22.2. The molecule has 0 aliphatic carbocycles. The van der Waals surface area contributed by atoms with Gasteiger partial charge in [-0.15, -0.1) is 0 Å². The smallest absolute Gasteiger partial charge is 0.258 e. The van der Waals surface area contributed by atoms with Gasteiger partial charge in [0.2, 0.25) is 0 Å². The van der Waals surface area contributed by atoms with Gasteiger partial charge in [-0.2, -0.15) is 0 Å². The molecule has 0 spiro atoms. The van der Waals surface area contributed by atoms with Gasteiger partial charge in [-0.05, 0) is 49.6 Å². The van der Waals surface area contributed by atoms with Crippen molar-refractivity contribution in [1.82, 2.24) is 14.9 Å². The Morgan fingerprint density at radius 3 is 3.00 bits per heavy atom. The van der Waals surface area contributed by atoms with Crippen molar-refractivity contribution in [1.29, 1.82) is 0 Å². The van der Waals surface area contributed by atoms with E-state index in [2.05, 4.69) is 21.8 Å². The lowest BCUT2D eigenvalue weighted by Crippen LogP contribution is -2.36. The summed E-state index contributed by atoms with van der Waals surface area (Å²) >= 11 is 0. The van der Waals surface area contributed by atoms with Crippen molar-refractivity contribution in [3.63, 3.8) is 0 Å². The molecule has 2 atom stereocenters. The van der Waals surface area contributed by atoms with E-state index >= 15 is 0 Å². The van der Waals surface area contributed by atoms with Gasteiger partial charge in [-0.1, -0.05) is 19.1 Å². The number of piperidine rings is 1. The molecule has 5 nitrogen and oxygen atoms in total. The zero-order valence-electron chi connectivity index (χ0n) is 13.7. The summed E-state index contributed by atoms with van der Waals surface area (Å²) in [7, 11) is 0. The number of H-pyrrole nitrogens is 1. The second kappa shape index (κ2) is 6.24. The minimum absolute atomic E-state index is 0.0736. The number of fused-ring (bicyclic) bond motifs is 1. The standard InChI is InChI=1S/C19H21N3O2/c1-13-8-9-22(16(11-13)17-7-4-10-24-17)12-18-20-15-6-3-2-5-14(15)19(23)21-18/h2-7,10,13,16H,8-9,11-12H2,1H3,(H,20,21,23)/t13-,16+/m1/s1. The fourth-order valence-corrected chi connectivity index (χ4v) is 3.56. The monoisotopic (exact) mass is 323 g/mol. The number of aromatic amines is 1.